The number of nitrogen functional groups attached to an aromatic ring is 1. The van der Waals surface area contributed by atoms with E-state index < -0.39 is 5.56 Å². The fourth-order valence-corrected chi connectivity index (χ4v) is 3.77. The van der Waals surface area contributed by atoms with Crippen LogP contribution in [0.15, 0.2) is 45.7 Å². The molecule has 8 nitrogen and oxygen atoms in total. The summed E-state index contributed by atoms with van der Waals surface area (Å²) in [6.07, 6.45) is 3.99. The van der Waals surface area contributed by atoms with Crippen molar-refractivity contribution in [2.24, 2.45) is 0 Å². The number of rotatable bonds is 4. The lowest BCUT2D eigenvalue weighted by Gasteiger charge is -2.31. The lowest BCUT2D eigenvalue weighted by Crippen LogP contribution is -2.40. The lowest BCUT2D eigenvalue weighted by molar-refractivity contribution is 0.0691. The Bertz CT molecular complexity index is 1090. The molecule has 1 atom stereocenters. The molecule has 0 bridgehead atoms. The number of aromatic amines is 1. The summed E-state index contributed by atoms with van der Waals surface area (Å²) < 4.78 is 5.96. The van der Waals surface area contributed by atoms with Crippen LogP contribution in [0.3, 0.4) is 0 Å². The Labute approximate surface area is 171 Å². The molecule has 150 valence electrons. The molecule has 0 unspecified atom stereocenters. The van der Waals surface area contributed by atoms with Gasteiger partial charge in [-0.2, -0.15) is 0 Å². The number of piperidine rings is 1. The summed E-state index contributed by atoms with van der Waals surface area (Å²) in [6, 6.07) is 8.76. The van der Waals surface area contributed by atoms with Crippen molar-refractivity contribution in [3.8, 4) is 0 Å². The van der Waals surface area contributed by atoms with Crippen molar-refractivity contribution in [2.45, 2.75) is 25.2 Å². The molecular formula is C20H20ClN5O3. The Hall–Kier alpha value is -3.13. The molecule has 0 radical (unpaired) electrons. The van der Waals surface area contributed by atoms with Crippen LogP contribution in [0.2, 0.25) is 5.02 Å². The molecule has 3 heterocycles. The monoisotopic (exact) mass is 413 g/mol. The SMILES string of the molecule is Nc1nc(C(=O)N2CCC[C@H](c3ncc(Cc4cccc(Cl)c4)o3)C2)cc(=O)[nH]1. The quantitative estimate of drug-likeness (QED) is 0.678. The summed E-state index contributed by atoms with van der Waals surface area (Å²) in [5.74, 6) is 0.943. The zero-order valence-corrected chi connectivity index (χ0v) is 16.4. The van der Waals surface area contributed by atoms with Crippen LogP contribution >= 0.6 is 11.6 Å². The smallest absolute Gasteiger partial charge is 0.272 e. The van der Waals surface area contributed by atoms with Crippen LogP contribution in [-0.4, -0.2) is 38.8 Å². The van der Waals surface area contributed by atoms with Crippen LogP contribution in [-0.2, 0) is 6.42 Å². The third-order valence-corrected chi connectivity index (χ3v) is 5.11. The maximum Gasteiger partial charge on any atom is 0.272 e. The van der Waals surface area contributed by atoms with Gasteiger partial charge in [0.2, 0.25) is 5.95 Å². The van der Waals surface area contributed by atoms with Gasteiger partial charge >= 0.3 is 0 Å². The van der Waals surface area contributed by atoms with E-state index in [0.717, 1.165) is 30.2 Å². The predicted molar refractivity (Wildman–Crippen MR) is 108 cm³/mol. The molecule has 9 heteroatoms. The average Bonchev–Trinajstić information content (AvgIpc) is 3.15. The van der Waals surface area contributed by atoms with E-state index in [0.29, 0.717) is 30.4 Å². The Balaban J connectivity index is 1.46. The standard InChI is InChI=1S/C20H20ClN5O3/c21-14-5-1-3-12(7-14)8-15-10-23-18(29-15)13-4-2-6-26(11-13)19(28)16-9-17(27)25-20(22)24-16/h1,3,5,7,9-10,13H,2,4,6,8,11H2,(H3,22,24,25,27)/t13-/m0/s1. The van der Waals surface area contributed by atoms with Gasteiger partial charge in [0.1, 0.15) is 11.5 Å². The van der Waals surface area contributed by atoms with E-state index in [-0.39, 0.29) is 23.5 Å². The normalized spacial score (nSPS) is 16.7. The van der Waals surface area contributed by atoms with E-state index in [2.05, 4.69) is 15.0 Å². The second kappa shape index (κ2) is 8.08. The summed E-state index contributed by atoms with van der Waals surface area (Å²) >= 11 is 6.04. The fourth-order valence-electron chi connectivity index (χ4n) is 3.55. The van der Waals surface area contributed by atoms with Crippen LogP contribution in [0.5, 0.6) is 0 Å². The summed E-state index contributed by atoms with van der Waals surface area (Å²) in [6.45, 7) is 1.03. The fraction of sp³-hybridized carbons (Fsp3) is 0.300. The van der Waals surface area contributed by atoms with Crippen molar-refractivity contribution in [1.29, 1.82) is 0 Å². The molecular weight excluding hydrogens is 394 g/mol. The molecule has 1 aliphatic heterocycles. The third kappa shape index (κ3) is 4.48. The van der Waals surface area contributed by atoms with Crippen molar-refractivity contribution >= 4 is 23.5 Å². The minimum Gasteiger partial charge on any atom is -0.445 e. The molecule has 3 N–H and O–H groups in total. The number of likely N-dealkylation sites (tertiary alicyclic amines) is 1. The number of halogens is 1. The number of carbonyl (C=O) groups excluding carboxylic acids is 1. The van der Waals surface area contributed by atoms with Crippen molar-refractivity contribution in [1.82, 2.24) is 19.9 Å². The highest BCUT2D eigenvalue weighted by molar-refractivity contribution is 6.30. The average molecular weight is 414 g/mol. The van der Waals surface area contributed by atoms with Gasteiger partial charge in [0.05, 0.1) is 12.1 Å². The zero-order chi connectivity index (χ0) is 20.4. The van der Waals surface area contributed by atoms with E-state index >= 15 is 0 Å². The molecule has 29 heavy (non-hydrogen) atoms. The van der Waals surface area contributed by atoms with Crippen molar-refractivity contribution in [2.75, 3.05) is 18.8 Å². The van der Waals surface area contributed by atoms with E-state index in [1.165, 1.54) is 0 Å². The number of oxazole rings is 1. The lowest BCUT2D eigenvalue weighted by atomic mass is 9.97. The van der Waals surface area contributed by atoms with Gasteiger partial charge in [0.25, 0.3) is 11.5 Å². The minimum absolute atomic E-state index is 0.0137. The zero-order valence-electron chi connectivity index (χ0n) is 15.6. The van der Waals surface area contributed by atoms with E-state index in [1.807, 2.05) is 24.3 Å². The van der Waals surface area contributed by atoms with Crippen molar-refractivity contribution in [3.05, 3.63) is 74.8 Å². The van der Waals surface area contributed by atoms with E-state index in [9.17, 15) is 9.59 Å². The molecule has 0 spiro atoms. The van der Waals surface area contributed by atoms with Gasteiger partial charge in [-0.05, 0) is 30.5 Å². The topological polar surface area (TPSA) is 118 Å². The summed E-state index contributed by atoms with van der Waals surface area (Å²) in [5, 5.41) is 0.678. The Kier molecular flexibility index (Phi) is 5.35. The molecule has 1 saturated heterocycles. The maximum atomic E-state index is 12.8. The van der Waals surface area contributed by atoms with Crippen LogP contribution in [0.1, 0.15) is 46.5 Å². The van der Waals surface area contributed by atoms with Crippen LogP contribution in [0.4, 0.5) is 5.95 Å². The highest BCUT2D eigenvalue weighted by Gasteiger charge is 2.29. The summed E-state index contributed by atoms with van der Waals surface area (Å²) in [5.41, 5.74) is 6.18. The number of aromatic nitrogens is 3. The molecule has 0 aliphatic carbocycles. The number of hydrogen-bond donors (Lipinski definition) is 2. The maximum absolute atomic E-state index is 12.8. The Morgan fingerprint density at radius 3 is 3.03 bits per heavy atom. The first-order valence-electron chi connectivity index (χ1n) is 9.33. The number of carbonyl (C=O) groups is 1. The molecule has 4 rings (SSSR count). The number of nitrogens with one attached hydrogen (secondary N) is 1. The van der Waals surface area contributed by atoms with E-state index in [1.54, 1.807) is 11.1 Å². The van der Waals surface area contributed by atoms with E-state index in [4.69, 9.17) is 21.8 Å². The van der Waals surface area contributed by atoms with Gasteiger partial charge in [-0.3, -0.25) is 14.6 Å². The van der Waals surface area contributed by atoms with Gasteiger partial charge in [0.15, 0.2) is 5.89 Å². The van der Waals surface area contributed by atoms with Crippen LogP contribution < -0.4 is 11.3 Å². The van der Waals surface area contributed by atoms with Crippen molar-refractivity contribution in [3.63, 3.8) is 0 Å². The van der Waals surface area contributed by atoms with Crippen LogP contribution in [0, 0.1) is 0 Å². The number of anilines is 1. The second-order valence-corrected chi connectivity index (χ2v) is 7.51. The van der Waals surface area contributed by atoms with Gasteiger partial charge in [-0.15, -0.1) is 0 Å². The van der Waals surface area contributed by atoms with Gasteiger partial charge in [0, 0.05) is 30.6 Å². The second-order valence-electron chi connectivity index (χ2n) is 7.08. The first-order chi connectivity index (χ1) is 14.0. The third-order valence-electron chi connectivity index (χ3n) is 4.88. The first kappa shape index (κ1) is 19.2. The molecule has 1 fully saturated rings. The van der Waals surface area contributed by atoms with Gasteiger partial charge < -0.3 is 15.1 Å². The van der Waals surface area contributed by atoms with Crippen molar-refractivity contribution < 1.29 is 9.21 Å². The molecule has 1 aliphatic rings. The number of H-pyrrole nitrogens is 1. The van der Waals surface area contributed by atoms with Gasteiger partial charge in [-0.1, -0.05) is 23.7 Å². The largest absolute Gasteiger partial charge is 0.445 e. The molecule has 2 aromatic heterocycles. The molecule has 1 amide bonds. The number of nitrogens with two attached hydrogens (primary N) is 1. The number of hydrogen-bond acceptors (Lipinski definition) is 6. The summed E-state index contributed by atoms with van der Waals surface area (Å²) in [7, 11) is 0. The highest BCUT2D eigenvalue weighted by Crippen LogP contribution is 2.28. The Morgan fingerprint density at radius 1 is 1.38 bits per heavy atom. The number of nitrogens with zero attached hydrogens (tertiary/aromatic N) is 3. The number of benzene rings is 1. The molecule has 1 aromatic carbocycles. The molecule has 3 aromatic rings. The predicted octanol–water partition coefficient (Wildman–Crippen LogP) is 2.60. The number of amides is 1. The van der Waals surface area contributed by atoms with Crippen LogP contribution in [0.25, 0.3) is 0 Å². The first-order valence-corrected chi connectivity index (χ1v) is 9.71. The molecule has 0 saturated carbocycles. The van der Waals surface area contributed by atoms with Gasteiger partial charge in [-0.25, -0.2) is 9.97 Å². The highest BCUT2D eigenvalue weighted by atomic mass is 35.5. The summed E-state index contributed by atoms with van der Waals surface area (Å²) in [4.78, 5) is 36.7. The minimum atomic E-state index is -0.451. The Morgan fingerprint density at radius 2 is 2.24 bits per heavy atom.